The van der Waals surface area contributed by atoms with Crippen molar-refractivity contribution in [2.45, 2.75) is 49.7 Å². The normalized spacial score (nSPS) is 13.7. The molecule has 2 heterocycles. The van der Waals surface area contributed by atoms with Crippen LogP contribution in [0, 0.1) is 0 Å². The minimum atomic E-state index is -4.43. The van der Waals surface area contributed by atoms with Crippen molar-refractivity contribution < 1.29 is 17.7 Å². The third-order valence-electron chi connectivity index (χ3n) is 3.70. The molecular weight excluding hydrogens is 379 g/mol. The molecule has 0 aliphatic heterocycles. The van der Waals surface area contributed by atoms with Gasteiger partial charge in [0.1, 0.15) is 5.82 Å². The highest BCUT2D eigenvalue weighted by molar-refractivity contribution is 7.99. The standard InChI is InChI=1S/C17H18F3N5OS/c1-9(27-15-22-14(23-24-15)16(2,3)4)13-21-12(25-26-13)10-6-5-7-11(8-10)17(18,19)20/h5-9H,1-4H3,(H,22,23,24). The molecule has 0 spiro atoms. The zero-order valence-corrected chi connectivity index (χ0v) is 15.9. The van der Waals surface area contributed by atoms with Crippen LogP contribution in [0.3, 0.4) is 0 Å². The van der Waals surface area contributed by atoms with Crippen molar-refractivity contribution in [2.24, 2.45) is 0 Å². The molecule has 1 aromatic carbocycles. The number of nitrogens with zero attached hydrogens (tertiary/aromatic N) is 4. The fourth-order valence-electron chi connectivity index (χ4n) is 2.20. The summed E-state index contributed by atoms with van der Waals surface area (Å²) in [6, 6.07) is 4.82. The Labute approximate surface area is 158 Å². The predicted molar refractivity (Wildman–Crippen MR) is 94.1 cm³/mol. The minimum absolute atomic E-state index is 0.105. The number of nitrogens with one attached hydrogen (secondary N) is 1. The summed E-state index contributed by atoms with van der Waals surface area (Å²) in [5.41, 5.74) is -0.676. The first kappa shape index (κ1) is 19.4. The first-order valence-corrected chi connectivity index (χ1v) is 9.03. The number of halogens is 3. The summed E-state index contributed by atoms with van der Waals surface area (Å²) in [5, 5.41) is 11.1. The summed E-state index contributed by atoms with van der Waals surface area (Å²) in [5.74, 6) is 1.15. The van der Waals surface area contributed by atoms with Gasteiger partial charge in [0.2, 0.25) is 16.9 Å². The fourth-order valence-corrected chi connectivity index (χ4v) is 2.95. The zero-order chi connectivity index (χ0) is 19.8. The van der Waals surface area contributed by atoms with E-state index in [9.17, 15) is 13.2 Å². The number of H-pyrrole nitrogens is 1. The van der Waals surface area contributed by atoms with Gasteiger partial charge >= 0.3 is 6.18 Å². The molecule has 0 bridgehead atoms. The van der Waals surface area contributed by atoms with Gasteiger partial charge in [0.25, 0.3) is 0 Å². The molecule has 27 heavy (non-hydrogen) atoms. The first-order chi connectivity index (χ1) is 12.5. The van der Waals surface area contributed by atoms with Gasteiger partial charge in [-0.1, -0.05) is 49.8 Å². The molecule has 0 amide bonds. The summed E-state index contributed by atoms with van der Waals surface area (Å²) in [4.78, 5) is 8.66. The Kier molecular flexibility index (Phi) is 5.02. The third kappa shape index (κ3) is 4.49. The van der Waals surface area contributed by atoms with Gasteiger partial charge in [-0.05, 0) is 19.1 Å². The van der Waals surface area contributed by atoms with Crippen molar-refractivity contribution in [3.05, 3.63) is 41.5 Å². The average molecular weight is 397 g/mol. The smallest absolute Gasteiger partial charge is 0.338 e. The van der Waals surface area contributed by atoms with Crippen LogP contribution in [0.25, 0.3) is 11.4 Å². The lowest BCUT2D eigenvalue weighted by atomic mass is 9.96. The van der Waals surface area contributed by atoms with Gasteiger partial charge in [-0.2, -0.15) is 18.2 Å². The van der Waals surface area contributed by atoms with E-state index in [4.69, 9.17) is 4.52 Å². The van der Waals surface area contributed by atoms with Crippen LogP contribution in [-0.2, 0) is 11.6 Å². The topological polar surface area (TPSA) is 80.5 Å². The number of aromatic nitrogens is 5. The van der Waals surface area contributed by atoms with Gasteiger partial charge < -0.3 is 4.52 Å². The van der Waals surface area contributed by atoms with Crippen LogP contribution in [0.5, 0.6) is 0 Å². The van der Waals surface area contributed by atoms with E-state index < -0.39 is 11.7 Å². The van der Waals surface area contributed by atoms with E-state index in [0.717, 1.165) is 18.0 Å². The van der Waals surface area contributed by atoms with Crippen LogP contribution in [0.4, 0.5) is 13.2 Å². The molecule has 1 N–H and O–H groups in total. The van der Waals surface area contributed by atoms with E-state index >= 15 is 0 Å². The van der Waals surface area contributed by atoms with E-state index in [1.165, 1.54) is 23.9 Å². The second-order valence-corrected chi connectivity index (χ2v) is 8.32. The van der Waals surface area contributed by atoms with E-state index in [1.54, 1.807) is 0 Å². The average Bonchev–Trinajstić information content (AvgIpc) is 3.23. The second kappa shape index (κ2) is 6.99. The summed E-state index contributed by atoms with van der Waals surface area (Å²) in [6.45, 7) is 7.89. The molecule has 1 unspecified atom stereocenters. The van der Waals surface area contributed by atoms with E-state index in [-0.39, 0.29) is 27.9 Å². The molecule has 0 aliphatic rings. The Hall–Kier alpha value is -2.36. The lowest BCUT2D eigenvalue weighted by Gasteiger charge is -2.12. The van der Waals surface area contributed by atoms with Gasteiger partial charge in [0.05, 0.1) is 10.8 Å². The third-order valence-corrected chi connectivity index (χ3v) is 4.64. The molecule has 0 aliphatic carbocycles. The van der Waals surface area contributed by atoms with Gasteiger partial charge in [-0.3, -0.25) is 5.10 Å². The zero-order valence-electron chi connectivity index (χ0n) is 15.1. The highest BCUT2D eigenvalue weighted by Crippen LogP contribution is 2.35. The predicted octanol–water partition coefficient (Wildman–Crippen LogP) is 5.02. The van der Waals surface area contributed by atoms with Gasteiger partial charge in [0.15, 0.2) is 0 Å². The monoisotopic (exact) mass is 397 g/mol. The Bertz CT molecular complexity index is 929. The number of rotatable bonds is 4. The summed E-state index contributed by atoms with van der Waals surface area (Å²) < 4.78 is 43.8. The van der Waals surface area contributed by atoms with E-state index in [1.807, 2.05) is 27.7 Å². The van der Waals surface area contributed by atoms with Gasteiger partial charge in [0, 0.05) is 11.0 Å². The summed E-state index contributed by atoms with van der Waals surface area (Å²) >= 11 is 1.32. The largest absolute Gasteiger partial charge is 0.416 e. The molecule has 0 saturated carbocycles. The maximum absolute atomic E-state index is 12.9. The Balaban J connectivity index is 1.76. The SMILES string of the molecule is CC(Sc1n[nH]c(C(C)(C)C)n1)c1nc(-c2cccc(C(F)(F)F)c2)no1. The quantitative estimate of drug-likeness (QED) is 0.623. The number of benzene rings is 1. The highest BCUT2D eigenvalue weighted by Gasteiger charge is 2.31. The van der Waals surface area contributed by atoms with E-state index in [2.05, 4.69) is 25.3 Å². The Morgan fingerprint density at radius 3 is 2.52 bits per heavy atom. The lowest BCUT2D eigenvalue weighted by Crippen LogP contribution is -2.13. The first-order valence-electron chi connectivity index (χ1n) is 8.15. The summed E-state index contributed by atoms with van der Waals surface area (Å²) in [6.07, 6.45) is -4.43. The Morgan fingerprint density at radius 1 is 1.15 bits per heavy atom. The minimum Gasteiger partial charge on any atom is -0.338 e. The van der Waals surface area contributed by atoms with Crippen LogP contribution in [0.1, 0.15) is 50.2 Å². The highest BCUT2D eigenvalue weighted by atomic mass is 32.2. The van der Waals surface area contributed by atoms with Crippen molar-refractivity contribution in [3.8, 4) is 11.4 Å². The molecule has 6 nitrogen and oxygen atoms in total. The van der Waals surface area contributed by atoms with Gasteiger partial charge in [-0.15, -0.1) is 5.10 Å². The van der Waals surface area contributed by atoms with Crippen molar-refractivity contribution in [2.75, 3.05) is 0 Å². The molecule has 1 atom stereocenters. The number of alkyl halides is 3. The van der Waals surface area contributed by atoms with Crippen molar-refractivity contribution in [3.63, 3.8) is 0 Å². The van der Waals surface area contributed by atoms with Crippen molar-refractivity contribution in [1.82, 2.24) is 25.3 Å². The maximum atomic E-state index is 12.9. The maximum Gasteiger partial charge on any atom is 0.416 e. The lowest BCUT2D eigenvalue weighted by molar-refractivity contribution is -0.137. The van der Waals surface area contributed by atoms with Crippen LogP contribution in [-0.4, -0.2) is 25.3 Å². The Morgan fingerprint density at radius 2 is 1.89 bits per heavy atom. The molecule has 3 aromatic rings. The molecule has 0 radical (unpaired) electrons. The van der Waals surface area contributed by atoms with Crippen LogP contribution >= 0.6 is 11.8 Å². The molecule has 3 rings (SSSR count). The molecule has 10 heteroatoms. The molecular formula is C17H18F3N5OS. The molecule has 2 aromatic heterocycles. The number of aromatic amines is 1. The van der Waals surface area contributed by atoms with Gasteiger partial charge in [-0.25, -0.2) is 4.98 Å². The van der Waals surface area contributed by atoms with Crippen LogP contribution < -0.4 is 0 Å². The molecule has 0 fully saturated rings. The molecule has 144 valence electrons. The number of hydrogen-bond acceptors (Lipinski definition) is 6. The van der Waals surface area contributed by atoms with E-state index in [0.29, 0.717) is 5.16 Å². The van der Waals surface area contributed by atoms with Crippen molar-refractivity contribution >= 4 is 11.8 Å². The number of hydrogen-bond donors (Lipinski definition) is 1. The summed E-state index contributed by atoms with van der Waals surface area (Å²) in [7, 11) is 0. The van der Waals surface area contributed by atoms with Crippen LogP contribution in [0.15, 0.2) is 33.9 Å². The molecule has 0 saturated heterocycles. The second-order valence-electron chi connectivity index (χ2n) is 7.01. The van der Waals surface area contributed by atoms with Crippen molar-refractivity contribution in [1.29, 1.82) is 0 Å². The van der Waals surface area contributed by atoms with Crippen LogP contribution in [0.2, 0.25) is 0 Å². The fraction of sp³-hybridized carbons (Fsp3) is 0.412. The number of thioether (sulfide) groups is 1.